The molecule has 18 heavy (non-hydrogen) atoms. The lowest BCUT2D eigenvalue weighted by Crippen LogP contribution is -2.48. The van der Waals surface area contributed by atoms with Gasteiger partial charge in [0.25, 0.3) is 0 Å². The zero-order valence-electron chi connectivity index (χ0n) is 10.8. The van der Waals surface area contributed by atoms with Crippen LogP contribution in [0.5, 0.6) is 0 Å². The monoisotopic (exact) mass is 263 g/mol. The first kappa shape index (κ1) is 11.4. The van der Waals surface area contributed by atoms with Gasteiger partial charge in [0, 0.05) is 11.8 Å². The van der Waals surface area contributed by atoms with Gasteiger partial charge in [0.05, 0.1) is 0 Å². The molecule has 0 aliphatic heterocycles. The number of nitrogens with two attached hydrogens (primary N) is 1. The van der Waals surface area contributed by atoms with Gasteiger partial charge in [0.1, 0.15) is 10.0 Å². The summed E-state index contributed by atoms with van der Waals surface area (Å²) in [5.41, 5.74) is 6.03. The molecule has 4 aliphatic rings. The molecule has 4 fully saturated rings. The Bertz CT molecular complexity index is 418. The number of rotatable bonds is 3. The second kappa shape index (κ2) is 4.01. The molecular formula is C14H21N3S. The highest BCUT2D eigenvalue weighted by molar-refractivity contribution is 7.11. The van der Waals surface area contributed by atoms with Crippen LogP contribution in [0.2, 0.25) is 0 Å². The van der Waals surface area contributed by atoms with E-state index in [1.807, 2.05) is 11.3 Å². The van der Waals surface area contributed by atoms with Crippen molar-refractivity contribution in [2.45, 2.75) is 50.4 Å². The third-order valence-corrected chi connectivity index (χ3v) is 6.55. The molecule has 1 heterocycles. The van der Waals surface area contributed by atoms with Crippen LogP contribution in [-0.2, 0) is 11.8 Å². The molecule has 5 rings (SSSR count). The van der Waals surface area contributed by atoms with Crippen LogP contribution >= 0.6 is 11.3 Å². The molecule has 0 atom stereocenters. The highest BCUT2D eigenvalue weighted by Gasteiger charge is 2.53. The predicted octanol–water partition coefficient (Wildman–Crippen LogP) is 2.51. The first-order chi connectivity index (χ1) is 8.77. The lowest BCUT2D eigenvalue weighted by atomic mass is 9.50. The summed E-state index contributed by atoms with van der Waals surface area (Å²) in [7, 11) is 0. The largest absolute Gasteiger partial charge is 0.330 e. The second-order valence-electron chi connectivity index (χ2n) is 6.74. The van der Waals surface area contributed by atoms with Gasteiger partial charge in [-0.25, -0.2) is 0 Å². The van der Waals surface area contributed by atoms with Gasteiger partial charge in [0.15, 0.2) is 0 Å². The van der Waals surface area contributed by atoms with Crippen molar-refractivity contribution < 1.29 is 0 Å². The van der Waals surface area contributed by atoms with Crippen molar-refractivity contribution in [2.75, 3.05) is 6.54 Å². The first-order valence-electron chi connectivity index (χ1n) is 7.30. The highest BCUT2D eigenvalue weighted by Crippen LogP contribution is 2.60. The van der Waals surface area contributed by atoms with E-state index in [2.05, 4.69) is 10.2 Å². The molecule has 4 aliphatic carbocycles. The van der Waals surface area contributed by atoms with Crippen molar-refractivity contribution >= 4 is 11.3 Å². The van der Waals surface area contributed by atoms with Gasteiger partial charge < -0.3 is 5.73 Å². The van der Waals surface area contributed by atoms with E-state index in [1.54, 1.807) is 0 Å². The van der Waals surface area contributed by atoms with Gasteiger partial charge in [-0.05, 0) is 62.8 Å². The summed E-state index contributed by atoms with van der Waals surface area (Å²) >= 11 is 1.84. The Labute approximate surface area is 112 Å². The van der Waals surface area contributed by atoms with E-state index in [1.165, 1.54) is 43.5 Å². The molecule has 3 nitrogen and oxygen atoms in total. The maximum atomic E-state index is 5.61. The number of hydrogen-bond acceptors (Lipinski definition) is 4. The minimum atomic E-state index is 0.416. The zero-order valence-corrected chi connectivity index (χ0v) is 11.6. The maximum absolute atomic E-state index is 5.61. The van der Waals surface area contributed by atoms with Crippen molar-refractivity contribution in [3.63, 3.8) is 0 Å². The van der Waals surface area contributed by atoms with E-state index in [9.17, 15) is 0 Å². The molecule has 0 aromatic carbocycles. The summed E-state index contributed by atoms with van der Waals surface area (Å²) in [5.74, 6) is 2.95. The van der Waals surface area contributed by atoms with Crippen LogP contribution in [0, 0.1) is 17.8 Å². The van der Waals surface area contributed by atoms with Crippen molar-refractivity contribution in [1.29, 1.82) is 0 Å². The Morgan fingerprint density at radius 2 is 1.67 bits per heavy atom. The molecule has 4 bridgehead atoms. The van der Waals surface area contributed by atoms with E-state index in [0.717, 1.165) is 29.2 Å². The SMILES string of the molecule is NCCc1nnc(C23CC4CC(CC(C4)C2)C3)s1. The van der Waals surface area contributed by atoms with E-state index in [0.29, 0.717) is 12.0 Å². The number of hydrogen-bond donors (Lipinski definition) is 1. The molecule has 1 aromatic rings. The Morgan fingerprint density at radius 1 is 1.06 bits per heavy atom. The first-order valence-corrected chi connectivity index (χ1v) is 8.12. The molecular weight excluding hydrogens is 242 g/mol. The van der Waals surface area contributed by atoms with Crippen LogP contribution in [0.1, 0.15) is 48.5 Å². The normalized spacial score (nSPS) is 41.5. The fourth-order valence-electron chi connectivity index (χ4n) is 5.07. The van der Waals surface area contributed by atoms with Crippen LogP contribution in [0.3, 0.4) is 0 Å². The third-order valence-electron chi connectivity index (χ3n) is 5.32. The topological polar surface area (TPSA) is 51.8 Å². The summed E-state index contributed by atoms with van der Waals surface area (Å²) in [4.78, 5) is 0. The van der Waals surface area contributed by atoms with Gasteiger partial charge >= 0.3 is 0 Å². The summed E-state index contributed by atoms with van der Waals surface area (Å²) in [6, 6.07) is 0. The average Bonchev–Trinajstić information content (AvgIpc) is 2.77. The van der Waals surface area contributed by atoms with E-state index < -0.39 is 0 Å². The van der Waals surface area contributed by atoms with Gasteiger partial charge in [-0.15, -0.1) is 21.5 Å². The molecule has 0 spiro atoms. The van der Waals surface area contributed by atoms with Gasteiger partial charge in [-0.1, -0.05) is 0 Å². The van der Waals surface area contributed by atoms with E-state index >= 15 is 0 Å². The van der Waals surface area contributed by atoms with Gasteiger partial charge in [0.2, 0.25) is 0 Å². The summed E-state index contributed by atoms with van der Waals surface area (Å²) in [6.07, 6.45) is 9.53. The minimum absolute atomic E-state index is 0.416. The van der Waals surface area contributed by atoms with Crippen molar-refractivity contribution in [1.82, 2.24) is 10.2 Å². The van der Waals surface area contributed by atoms with Crippen molar-refractivity contribution in [3.05, 3.63) is 10.0 Å². The molecule has 2 N–H and O–H groups in total. The molecule has 0 radical (unpaired) electrons. The van der Waals surface area contributed by atoms with Gasteiger partial charge in [-0.3, -0.25) is 0 Å². The lowest BCUT2D eigenvalue weighted by Gasteiger charge is -2.55. The van der Waals surface area contributed by atoms with Crippen LogP contribution in [0.4, 0.5) is 0 Å². The van der Waals surface area contributed by atoms with Crippen LogP contribution in [0.25, 0.3) is 0 Å². The van der Waals surface area contributed by atoms with Gasteiger partial charge in [-0.2, -0.15) is 0 Å². The van der Waals surface area contributed by atoms with Crippen molar-refractivity contribution in [3.8, 4) is 0 Å². The van der Waals surface area contributed by atoms with E-state index in [4.69, 9.17) is 5.73 Å². The lowest BCUT2D eigenvalue weighted by molar-refractivity contribution is -0.00555. The summed E-state index contributed by atoms with van der Waals surface area (Å²) < 4.78 is 0. The standard InChI is InChI=1S/C14H21N3S/c15-2-1-12-16-17-13(18-12)14-6-9-3-10(7-14)5-11(4-9)8-14/h9-11H,1-8,15H2. The molecule has 0 unspecified atom stereocenters. The van der Waals surface area contributed by atoms with Crippen LogP contribution in [-0.4, -0.2) is 16.7 Å². The Kier molecular flexibility index (Phi) is 2.53. The zero-order chi connectivity index (χ0) is 12.2. The second-order valence-corrected chi connectivity index (χ2v) is 7.80. The maximum Gasteiger partial charge on any atom is 0.123 e. The Hall–Kier alpha value is -0.480. The molecule has 98 valence electrons. The summed E-state index contributed by atoms with van der Waals surface area (Å²) in [6.45, 7) is 0.690. The fraction of sp³-hybridized carbons (Fsp3) is 0.857. The number of aromatic nitrogens is 2. The molecule has 0 amide bonds. The van der Waals surface area contributed by atoms with Crippen LogP contribution in [0.15, 0.2) is 0 Å². The van der Waals surface area contributed by atoms with Crippen molar-refractivity contribution in [2.24, 2.45) is 23.5 Å². The quantitative estimate of drug-likeness (QED) is 0.911. The smallest absolute Gasteiger partial charge is 0.123 e. The van der Waals surface area contributed by atoms with Crippen LogP contribution < -0.4 is 5.73 Å². The molecule has 4 saturated carbocycles. The molecule has 4 heteroatoms. The summed E-state index contributed by atoms with van der Waals surface area (Å²) in [5, 5.41) is 11.4. The Balaban J connectivity index is 1.66. The minimum Gasteiger partial charge on any atom is -0.330 e. The van der Waals surface area contributed by atoms with E-state index in [-0.39, 0.29) is 0 Å². The number of nitrogens with zero attached hydrogens (tertiary/aromatic N) is 2. The average molecular weight is 263 g/mol. The molecule has 1 aromatic heterocycles. The molecule has 0 saturated heterocycles. The predicted molar refractivity (Wildman–Crippen MR) is 72.5 cm³/mol. The highest BCUT2D eigenvalue weighted by atomic mass is 32.1. The fourth-order valence-corrected chi connectivity index (χ4v) is 6.14. The third kappa shape index (κ3) is 1.65. The Morgan fingerprint density at radius 3 is 2.22 bits per heavy atom.